The van der Waals surface area contributed by atoms with Crippen molar-refractivity contribution in [2.45, 2.75) is 18.6 Å². The SMILES string of the molecule is COc1cc(CP(=O)(O)CC[C@H](N)C(=O)O)cc([N+](=O)[O-])c1O. The third-order valence-corrected chi connectivity index (χ3v) is 4.88. The maximum Gasteiger partial charge on any atom is 0.320 e. The minimum atomic E-state index is -3.81. The first-order chi connectivity index (χ1) is 10.6. The highest BCUT2D eigenvalue weighted by Gasteiger charge is 2.26. The predicted molar refractivity (Wildman–Crippen MR) is 79.9 cm³/mol. The van der Waals surface area contributed by atoms with Crippen LogP contribution >= 0.6 is 7.37 Å². The van der Waals surface area contributed by atoms with Gasteiger partial charge in [-0.1, -0.05) is 0 Å². The lowest BCUT2D eigenvalue weighted by Crippen LogP contribution is -2.30. The van der Waals surface area contributed by atoms with Gasteiger partial charge in [-0.15, -0.1) is 0 Å². The summed E-state index contributed by atoms with van der Waals surface area (Å²) in [4.78, 5) is 30.5. The first-order valence-corrected chi connectivity index (χ1v) is 8.44. The van der Waals surface area contributed by atoms with Crippen LogP contribution in [0.5, 0.6) is 11.5 Å². The van der Waals surface area contributed by atoms with Crippen molar-refractivity contribution >= 4 is 19.0 Å². The Morgan fingerprint density at radius 1 is 1.52 bits per heavy atom. The molecule has 23 heavy (non-hydrogen) atoms. The maximum atomic E-state index is 12.1. The van der Waals surface area contributed by atoms with Crippen molar-refractivity contribution in [2.24, 2.45) is 5.73 Å². The third-order valence-electron chi connectivity index (χ3n) is 3.07. The molecular weight excluding hydrogens is 331 g/mol. The number of hydrogen-bond donors (Lipinski definition) is 4. The second-order valence-corrected chi connectivity index (χ2v) is 7.34. The quantitative estimate of drug-likeness (QED) is 0.302. The molecule has 0 bridgehead atoms. The highest BCUT2D eigenvalue weighted by molar-refractivity contribution is 7.57. The van der Waals surface area contributed by atoms with Crippen molar-refractivity contribution in [3.63, 3.8) is 0 Å². The fourth-order valence-electron chi connectivity index (χ4n) is 1.86. The van der Waals surface area contributed by atoms with Gasteiger partial charge >= 0.3 is 11.7 Å². The van der Waals surface area contributed by atoms with Gasteiger partial charge in [0.05, 0.1) is 18.2 Å². The van der Waals surface area contributed by atoms with Crippen LogP contribution < -0.4 is 10.5 Å². The van der Waals surface area contributed by atoms with Crippen LogP contribution in [-0.4, -0.2) is 45.3 Å². The molecule has 128 valence electrons. The van der Waals surface area contributed by atoms with E-state index in [1.807, 2.05) is 0 Å². The molecule has 1 aromatic rings. The number of phenolic OH excluding ortho intramolecular Hbond substituents is 1. The zero-order chi connectivity index (χ0) is 17.8. The predicted octanol–water partition coefficient (Wildman–Crippen LogP) is 0.881. The normalized spacial score (nSPS) is 14.7. The molecule has 0 heterocycles. The number of methoxy groups -OCH3 is 1. The van der Waals surface area contributed by atoms with Crippen LogP contribution in [0.1, 0.15) is 12.0 Å². The lowest BCUT2D eigenvalue weighted by Gasteiger charge is -2.14. The Bertz CT molecular complexity index is 663. The Morgan fingerprint density at radius 3 is 2.61 bits per heavy atom. The van der Waals surface area contributed by atoms with Crippen molar-refractivity contribution in [3.05, 3.63) is 27.8 Å². The molecule has 10 nitrogen and oxygen atoms in total. The fraction of sp³-hybridized carbons (Fsp3) is 0.417. The van der Waals surface area contributed by atoms with Crippen LogP contribution in [0.3, 0.4) is 0 Å². The summed E-state index contributed by atoms with van der Waals surface area (Å²) >= 11 is 0. The van der Waals surface area contributed by atoms with E-state index in [4.69, 9.17) is 15.6 Å². The summed E-state index contributed by atoms with van der Waals surface area (Å²) < 4.78 is 16.9. The van der Waals surface area contributed by atoms with Crippen LogP contribution in [0.2, 0.25) is 0 Å². The fourth-order valence-corrected chi connectivity index (χ4v) is 3.46. The molecule has 1 unspecified atom stereocenters. The summed E-state index contributed by atoms with van der Waals surface area (Å²) in [5, 5.41) is 29.2. The first kappa shape index (κ1) is 18.9. The van der Waals surface area contributed by atoms with E-state index >= 15 is 0 Å². The molecule has 0 spiro atoms. The third kappa shape index (κ3) is 5.20. The van der Waals surface area contributed by atoms with Gasteiger partial charge in [0.1, 0.15) is 6.04 Å². The number of nitrogens with zero attached hydrogens (tertiary/aromatic N) is 1. The van der Waals surface area contributed by atoms with Crippen LogP contribution in [-0.2, 0) is 15.5 Å². The summed E-state index contributed by atoms with van der Waals surface area (Å²) in [6.07, 6.45) is -0.991. The van der Waals surface area contributed by atoms with E-state index in [0.717, 1.165) is 6.07 Å². The van der Waals surface area contributed by atoms with E-state index in [2.05, 4.69) is 0 Å². The Morgan fingerprint density at radius 2 is 2.13 bits per heavy atom. The lowest BCUT2D eigenvalue weighted by atomic mass is 10.2. The number of aliphatic carboxylic acids is 1. The Hall–Kier alpha value is -2.16. The number of carbonyl (C=O) groups is 1. The van der Waals surface area contributed by atoms with Gasteiger partial charge in [-0.2, -0.15) is 0 Å². The summed E-state index contributed by atoms with van der Waals surface area (Å²) in [6, 6.07) is 0.916. The Balaban J connectivity index is 2.99. The van der Waals surface area contributed by atoms with Crippen LogP contribution in [0.25, 0.3) is 0 Å². The monoisotopic (exact) mass is 348 g/mol. The standard InChI is InChI=1S/C12H17N2O8P/c1-22-10-5-7(4-9(11(10)15)14(18)19)6-23(20,21)3-2-8(13)12(16)17/h4-5,8,15H,2-3,6,13H2,1H3,(H,16,17)(H,20,21)/t8-/m0/s1. The number of hydrogen-bond acceptors (Lipinski definition) is 7. The molecule has 0 saturated carbocycles. The molecule has 0 saturated heterocycles. The van der Waals surface area contributed by atoms with E-state index in [-0.39, 0.29) is 23.9 Å². The number of aromatic hydroxyl groups is 1. The molecule has 11 heteroatoms. The smallest absolute Gasteiger partial charge is 0.320 e. The van der Waals surface area contributed by atoms with Gasteiger partial charge in [-0.25, -0.2) is 0 Å². The first-order valence-electron chi connectivity index (χ1n) is 6.41. The van der Waals surface area contributed by atoms with E-state index in [1.165, 1.54) is 13.2 Å². The summed E-state index contributed by atoms with van der Waals surface area (Å²) in [5.74, 6) is -2.16. The van der Waals surface area contributed by atoms with Gasteiger partial charge in [0.25, 0.3) is 0 Å². The van der Waals surface area contributed by atoms with E-state index in [0.29, 0.717) is 0 Å². The lowest BCUT2D eigenvalue weighted by molar-refractivity contribution is -0.386. The Kier molecular flexibility index (Phi) is 6.08. The molecule has 0 aliphatic heterocycles. The highest BCUT2D eigenvalue weighted by Crippen LogP contribution is 2.47. The van der Waals surface area contributed by atoms with Gasteiger partial charge < -0.3 is 25.6 Å². The number of rotatable bonds is 8. The number of nitro groups is 1. The molecule has 1 aromatic carbocycles. The minimum absolute atomic E-state index is 0.112. The molecule has 2 atom stereocenters. The van der Waals surface area contributed by atoms with Gasteiger partial charge in [-0.3, -0.25) is 19.5 Å². The summed E-state index contributed by atoms with van der Waals surface area (Å²) in [6.45, 7) is 0. The maximum absolute atomic E-state index is 12.1. The average Bonchev–Trinajstić information content (AvgIpc) is 2.45. The highest BCUT2D eigenvalue weighted by atomic mass is 31.2. The Labute approximate surface area is 131 Å². The van der Waals surface area contributed by atoms with Gasteiger partial charge in [0.15, 0.2) is 5.75 Å². The van der Waals surface area contributed by atoms with Crippen molar-refractivity contribution in [3.8, 4) is 11.5 Å². The van der Waals surface area contributed by atoms with Crippen molar-refractivity contribution in [1.29, 1.82) is 0 Å². The minimum Gasteiger partial charge on any atom is -0.500 e. The number of carboxylic acid groups (broad SMARTS) is 1. The molecule has 0 aliphatic rings. The zero-order valence-corrected chi connectivity index (χ0v) is 13.1. The summed E-state index contributed by atoms with van der Waals surface area (Å²) in [5.41, 5.74) is 4.73. The number of benzene rings is 1. The van der Waals surface area contributed by atoms with E-state index in [9.17, 15) is 29.5 Å². The number of nitro benzene ring substituents is 1. The zero-order valence-electron chi connectivity index (χ0n) is 12.2. The molecule has 1 rings (SSSR count). The van der Waals surface area contributed by atoms with Crippen LogP contribution in [0, 0.1) is 10.1 Å². The van der Waals surface area contributed by atoms with E-state index < -0.39 is 41.9 Å². The van der Waals surface area contributed by atoms with E-state index in [1.54, 1.807) is 0 Å². The second kappa shape index (κ2) is 7.40. The number of ether oxygens (including phenoxy) is 1. The average molecular weight is 348 g/mol. The van der Waals surface area contributed by atoms with Gasteiger partial charge in [0.2, 0.25) is 13.1 Å². The number of nitrogens with two attached hydrogens (primary N) is 1. The molecule has 0 fully saturated rings. The molecule has 5 N–H and O–H groups in total. The number of phenols is 1. The molecule has 0 aliphatic carbocycles. The summed E-state index contributed by atoms with van der Waals surface area (Å²) in [7, 11) is -2.62. The van der Waals surface area contributed by atoms with Crippen molar-refractivity contribution in [1.82, 2.24) is 0 Å². The molecule has 0 radical (unpaired) electrons. The largest absolute Gasteiger partial charge is 0.500 e. The van der Waals surface area contributed by atoms with Gasteiger partial charge in [-0.05, 0) is 18.1 Å². The van der Waals surface area contributed by atoms with Crippen molar-refractivity contribution in [2.75, 3.05) is 13.3 Å². The topological polar surface area (TPSA) is 173 Å². The molecular formula is C12H17N2O8P. The van der Waals surface area contributed by atoms with Gasteiger partial charge in [0, 0.05) is 12.2 Å². The second-order valence-electron chi connectivity index (χ2n) is 4.88. The molecule has 0 aromatic heterocycles. The molecule has 0 amide bonds. The number of carboxylic acids is 1. The van der Waals surface area contributed by atoms with Crippen molar-refractivity contribution < 1.29 is 34.1 Å². The van der Waals surface area contributed by atoms with Crippen LogP contribution in [0.4, 0.5) is 5.69 Å². The van der Waals surface area contributed by atoms with Crippen LogP contribution in [0.15, 0.2) is 12.1 Å².